The van der Waals surface area contributed by atoms with Gasteiger partial charge in [-0.1, -0.05) is 24.3 Å². The average Bonchev–Trinajstić information content (AvgIpc) is 2.79. The molecule has 0 aromatic heterocycles. The molecule has 0 saturated carbocycles. The van der Waals surface area contributed by atoms with E-state index in [2.05, 4.69) is 46.8 Å². The van der Waals surface area contributed by atoms with Crippen LogP contribution in [0.5, 0.6) is 5.75 Å². The molecule has 2 aromatic carbocycles. The second-order valence-corrected chi connectivity index (χ2v) is 8.09. The number of ether oxygens (including phenoxy) is 1. The topological polar surface area (TPSA) is 69.2 Å². The first-order chi connectivity index (χ1) is 15.4. The van der Waals surface area contributed by atoms with Crippen LogP contribution in [-0.4, -0.2) is 69.6 Å². The first kappa shape index (κ1) is 28.7. The summed E-state index contributed by atoms with van der Waals surface area (Å²) in [5, 5.41) is 6.62. The molecule has 1 amide bonds. The molecule has 0 bridgehead atoms. The van der Waals surface area contributed by atoms with Crippen LogP contribution in [0.4, 0.5) is 0 Å². The van der Waals surface area contributed by atoms with E-state index in [0.717, 1.165) is 42.3 Å². The first-order valence-electron chi connectivity index (χ1n) is 11.1. The average molecular weight is 568 g/mol. The molecule has 7 nitrogen and oxygen atoms in total. The highest BCUT2D eigenvalue weighted by molar-refractivity contribution is 14.0. The SMILES string of the molecule is CCNC(=NCc1ccc(OCCCN(C)C)cc1)NCc1ccc(C(=O)N(C)C)cc1.I. The molecule has 2 N–H and O–H groups in total. The summed E-state index contributed by atoms with van der Waals surface area (Å²) in [6.07, 6.45) is 1.01. The molecule has 2 aromatic rings. The second kappa shape index (κ2) is 15.5. The number of benzene rings is 2. The van der Waals surface area contributed by atoms with Crippen molar-refractivity contribution in [2.75, 3.05) is 47.9 Å². The fourth-order valence-corrected chi connectivity index (χ4v) is 2.98. The maximum Gasteiger partial charge on any atom is 0.253 e. The number of nitrogens with one attached hydrogen (secondary N) is 2. The summed E-state index contributed by atoms with van der Waals surface area (Å²) in [7, 11) is 7.64. The lowest BCUT2D eigenvalue weighted by molar-refractivity contribution is 0.0827. The summed E-state index contributed by atoms with van der Waals surface area (Å²) in [5.74, 6) is 1.65. The molecule has 0 aliphatic rings. The van der Waals surface area contributed by atoms with Gasteiger partial charge in [-0.15, -0.1) is 24.0 Å². The number of guanidine groups is 1. The second-order valence-electron chi connectivity index (χ2n) is 8.09. The standard InChI is InChI=1S/C25H37N5O2.HI/c1-6-26-25(27-18-20-8-12-22(13-9-20)24(31)30(4)5)28-19-21-10-14-23(15-11-21)32-17-7-16-29(2)3;/h8-15H,6-7,16-19H2,1-5H3,(H2,26,27,28);1H. The van der Waals surface area contributed by atoms with E-state index in [0.29, 0.717) is 25.3 Å². The molecule has 0 spiro atoms. The Hall–Kier alpha value is -2.33. The number of nitrogens with zero attached hydrogens (tertiary/aromatic N) is 3. The van der Waals surface area contributed by atoms with Gasteiger partial charge < -0.3 is 25.2 Å². The smallest absolute Gasteiger partial charge is 0.253 e. The Labute approximate surface area is 215 Å². The van der Waals surface area contributed by atoms with Crippen LogP contribution in [0.1, 0.15) is 34.8 Å². The van der Waals surface area contributed by atoms with Crippen molar-refractivity contribution in [3.63, 3.8) is 0 Å². The Morgan fingerprint density at radius 3 is 2.15 bits per heavy atom. The Morgan fingerprint density at radius 1 is 0.939 bits per heavy atom. The normalized spacial score (nSPS) is 11.0. The predicted octanol–water partition coefficient (Wildman–Crippen LogP) is 3.59. The number of carbonyl (C=O) groups excluding carboxylic acids is 1. The Morgan fingerprint density at radius 2 is 1.58 bits per heavy atom. The van der Waals surface area contributed by atoms with Crippen molar-refractivity contribution in [1.29, 1.82) is 0 Å². The van der Waals surface area contributed by atoms with Gasteiger partial charge >= 0.3 is 0 Å². The molecular weight excluding hydrogens is 529 g/mol. The molecule has 0 atom stereocenters. The summed E-state index contributed by atoms with van der Waals surface area (Å²) in [5.41, 5.74) is 2.89. The molecule has 0 fully saturated rings. The number of hydrogen-bond acceptors (Lipinski definition) is 4. The van der Waals surface area contributed by atoms with Crippen molar-refractivity contribution in [2.45, 2.75) is 26.4 Å². The summed E-state index contributed by atoms with van der Waals surface area (Å²) in [4.78, 5) is 20.4. The Bertz CT molecular complexity index is 852. The number of aliphatic imine (C=N–C) groups is 1. The van der Waals surface area contributed by atoms with Crippen molar-refractivity contribution >= 4 is 35.8 Å². The monoisotopic (exact) mass is 567 g/mol. The van der Waals surface area contributed by atoms with Crippen molar-refractivity contribution in [2.24, 2.45) is 4.99 Å². The van der Waals surface area contributed by atoms with Crippen LogP contribution in [0.3, 0.4) is 0 Å². The Kier molecular flexibility index (Phi) is 13.5. The van der Waals surface area contributed by atoms with Crippen molar-refractivity contribution in [3.05, 3.63) is 65.2 Å². The Balaban J connectivity index is 0.00000544. The number of halogens is 1. The number of carbonyl (C=O) groups is 1. The highest BCUT2D eigenvalue weighted by Crippen LogP contribution is 2.13. The molecule has 0 aliphatic carbocycles. The van der Waals surface area contributed by atoms with Gasteiger partial charge in [-0.2, -0.15) is 0 Å². The van der Waals surface area contributed by atoms with E-state index in [1.807, 2.05) is 43.3 Å². The van der Waals surface area contributed by atoms with Gasteiger partial charge in [-0.05, 0) is 62.8 Å². The molecule has 182 valence electrons. The van der Waals surface area contributed by atoms with Gasteiger partial charge in [-0.3, -0.25) is 4.79 Å². The van der Waals surface area contributed by atoms with Gasteiger partial charge in [0.2, 0.25) is 0 Å². The number of hydrogen-bond donors (Lipinski definition) is 2. The van der Waals surface area contributed by atoms with Gasteiger partial charge in [-0.25, -0.2) is 4.99 Å². The summed E-state index contributed by atoms with van der Waals surface area (Å²) < 4.78 is 5.79. The van der Waals surface area contributed by atoms with Gasteiger partial charge in [0.25, 0.3) is 5.91 Å². The largest absolute Gasteiger partial charge is 0.494 e. The van der Waals surface area contributed by atoms with Crippen LogP contribution in [0.2, 0.25) is 0 Å². The molecule has 0 radical (unpaired) electrons. The fraction of sp³-hybridized carbons (Fsp3) is 0.440. The third kappa shape index (κ3) is 10.9. The molecule has 33 heavy (non-hydrogen) atoms. The zero-order valence-corrected chi connectivity index (χ0v) is 22.8. The van der Waals surface area contributed by atoms with Crippen LogP contribution < -0.4 is 15.4 Å². The highest BCUT2D eigenvalue weighted by Gasteiger charge is 2.07. The van der Waals surface area contributed by atoms with Gasteiger partial charge in [0, 0.05) is 39.3 Å². The van der Waals surface area contributed by atoms with E-state index in [4.69, 9.17) is 4.74 Å². The van der Waals surface area contributed by atoms with E-state index in [-0.39, 0.29) is 29.9 Å². The van der Waals surface area contributed by atoms with Crippen LogP contribution in [0.25, 0.3) is 0 Å². The van der Waals surface area contributed by atoms with Crippen LogP contribution >= 0.6 is 24.0 Å². The quantitative estimate of drug-likeness (QED) is 0.188. The van der Waals surface area contributed by atoms with E-state index >= 15 is 0 Å². The lowest BCUT2D eigenvalue weighted by atomic mass is 10.1. The summed E-state index contributed by atoms with van der Waals surface area (Å²) in [6.45, 7) is 5.76. The van der Waals surface area contributed by atoms with Crippen LogP contribution in [-0.2, 0) is 13.1 Å². The number of amides is 1. The lowest BCUT2D eigenvalue weighted by Gasteiger charge is -2.13. The molecule has 0 unspecified atom stereocenters. The fourth-order valence-electron chi connectivity index (χ4n) is 2.98. The van der Waals surface area contributed by atoms with E-state index in [9.17, 15) is 4.79 Å². The summed E-state index contributed by atoms with van der Waals surface area (Å²) in [6, 6.07) is 15.7. The first-order valence-corrected chi connectivity index (χ1v) is 11.1. The predicted molar refractivity (Wildman–Crippen MR) is 147 cm³/mol. The molecule has 0 saturated heterocycles. The van der Waals surface area contributed by atoms with Crippen molar-refractivity contribution in [3.8, 4) is 5.75 Å². The third-order valence-corrected chi connectivity index (χ3v) is 4.77. The van der Waals surface area contributed by atoms with Crippen LogP contribution in [0, 0.1) is 0 Å². The van der Waals surface area contributed by atoms with Gasteiger partial charge in [0.1, 0.15) is 5.75 Å². The maximum absolute atomic E-state index is 12.0. The molecule has 8 heteroatoms. The molecule has 0 heterocycles. The highest BCUT2D eigenvalue weighted by atomic mass is 127. The minimum atomic E-state index is 0. The van der Waals surface area contributed by atoms with Gasteiger partial charge in [0.15, 0.2) is 5.96 Å². The lowest BCUT2D eigenvalue weighted by Crippen LogP contribution is -2.36. The molecular formula is C25H38IN5O2. The van der Waals surface area contributed by atoms with E-state index < -0.39 is 0 Å². The third-order valence-electron chi connectivity index (χ3n) is 4.77. The van der Waals surface area contributed by atoms with E-state index in [1.165, 1.54) is 0 Å². The molecule has 2 rings (SSSR count). The summed E-state index contributed by atoms with van der Waals surface area (Å²) >= 11 is 0. The van der Waals surface area contributed by atoms with Crippen molar-refractivity contribution in [1.82, 2.24) is 20.4 Å². The zero-order valence-electron chi connectivity index (χ0n) is 20.4. The minimum absolute atomic E-state index is 0. The van der Waals surface area contributed by atoms with Crippen LogP contribution in [0.15, 0.2) is 53.5 Å². The maximum atomic E-state index is 12.0. The van der Waals surface area contributed by atoms with E-state index in [1.54, 1.807) is 19.0 Å². The van der Waals surface area contributed by atoms with Gasteiger partial charge in [0.05, 0.1) is 13.2 Å². The van der Waals surface area contributed by atoms with Crippen molar-refractivity contribution < 1.29 is 9.53 Å². The zero-order chi connectivity index (χ0) is 23.3. The minimum Gasteiger partial charge on any atom is -0.494 e. The molecule has 0 aliphatic heterocycles. The number of rotatable bonds is 11.